The van der Waals surface area contributed by atoms with Crippen LogP contribution in [-0.2, 0) is 16.2 Å². The van der Waals surface area contributed by atoms with Crippen LogP contribution in [-0.4, -0.2) is 15.2 Å². The maximum atomic E-state index is 12.0. The van der Waals surface area contributed by atoms with Gasteiger partial charge in [-0.3, -0.25) is 4.21 Å². The molecule has 1 rings (SSSR count). The van der Waals surface area contributed by atoms with Crippen LogP contribution in [0.25, 0.3) is 0 Å². The zero-order chi connectivity index (χ0) is 14.6. The number of rotatable bonds is 5. The van der Waals surface area contributed by atoms with E-state index in [1.165, 1.54) is 5.56 Å². The van der Waals surface area contributed by atoms with Crippen LogP contribution in [0.4, 0.5) is 0 Å². The molecular weight excluding hydrogens is 254 g/mol. The largest absolute Gasteiger partial charge is 0.323 e. The Labute approximate surface area is 120 Å². The van der Waals surface area contributed by atoms with Gasteiger partial charge in [-0.05, 0) is 23.0 Å². The first-order valence-electron chi connectivity index (χ1n) is 6.99. The molecule has 0 spiro atoms. The third kappa shape index (κ3) is 4.73. The third-order valence-electron chi connectivity index (χ3n) is 3.57. The second-order valence-corrected chi connectivity index (χ2v) is 8.14. The van der Waals surface area contributed by atoms with Crippen molar-refractivity contribution >= 4 is 10.8 Å². The van der Waals surface area contributed by atoms with Crippen LogP contribution in [0.3, 0.4) is 0 Å². The summed E-state index contributed by atoms with van der Waals surface area (Å²) in [5.41, 5.74) is 8.68. The molecule has 0 aliphatic heterocycles. The quantitative estimate of drug-likeness (QED) is 0.897. The zero-order valence-corrected chi connectivity index (χ0v) is 13.6. The van der Waals surface area contributed by atoms with E-state index in [0.29, 0.717) is 5.75 Å². The van der Waals surface area contributed by atoms with Gasteiger partial charge in [0.2, 0.25) is 0 Å². The molecule has 3 atom stereocenters. The van der Waals surface area contributed by atoms with Gasteiger partial charge in [-0.25, -0.2) is 0 Å². The summed E-state index contributed by atoms with van der Waals surface area (Å²) in [5.74, 6) is 0.546. The maximum absolute atomic E-state index is 12.0. The van der Waals surface area contributed by atoms with Crippen molar-refractivity contribution in [3.05, 3.63) is 35.4 Å². The molecule has 19 heavy (non-hydrogen) atoms. The van der Waals surface area contributed by atoms with E-state index >= 15 is 0 Å². The number of hydrogen-bond donors (Lipinski definition) is 1. The van der Waals surface area contributed by atoms with Crippen LogP contribution in [0.5, 0.6) is 0 Å². The van der Waals surface area contributed by atoms with Gasteiger partial charge in [-0.15, -0.1) is 0 Å². The Morgan fingerprint density at radius 3 is 2.16 bits per heavy atom. The lowest BCUT2D eigenvalue weighted by Crippen LogP contribution is -2.23. The summed E-state index contributed by atoms with van der Waals surface area (Å²) in [6, 6.07) is 8.25. The van der Waals surface area contributed by atoms with E-state index in [1.54, 1.807) is 0 Å². The first-order valence-corrected chi connectivity index (χ1v) is 8.37. The lowest BCUT2D eigenvalue weighted by molar-refractivity contribution is 0.589. The highest BCUT2D eigenvalue weighted by atomic mass is 32.2. The van der Waals surface area contributed by atoms with Crippen molar-refractivity contribution in [3.63, 3.8) is 0 Å². The molecule has 108 valence electrons. The molecule has 0 saturated carbocycles. The minimum atomic E-state index is -0.843. The Bertz CT molecular complexity index is 419. The Hall–Kier alpha value is -0.670. The summed E-state index contributed by atoms with van der Waals surface area (Å²) in [7, 11) is -0.843. The highest BCUT2D eigenvalue weighted by Gasteiger charge is 2.17. The van der Waals surface area contributed by atoms with Crippen molar-refractivity contribution in [1.29, 1.82) is 0 Å². The Kier molecular flexibility index (Phi) is 5.75. The molecule has 0 aliphatic carbocycles. The lowest BCUT2D eigenvalue weighted by atomic mass is 9.86. The van der Waals surface area contributed by atoms with Crippen molar-refractivity contribution in [1.82, 2.24) is 0 Å². The number of benzene rings is 1. The molecule has 0 radical (unpaired) electrons. The molecule has 0 aliphatic rings. The topological polar surface area (TPSA) is 43.1 Å². The van der Waals surface area contributed by atoms with Gasteiger partial charge in [-0.2, -0.15) is 0 Å². The van der Waals surface area contributed by atoms with E-state index < -0.39 is 10.8 Å². The van der Waals surface area contributed by atoms with Crippen LogP contribution < -0.4 is 5.73 Å². The van der Waals surface area contributed by atoms with Crippen molar-refractivity contribution in [3.8, 4) is 0 Å². The minimum absolute atomic E-state index is 0.135. The van der Waals surface area contributed by atoms with Gasteiger partial charge in [0.25, 0.3) is 0 Å². The standard InChI is InChI=1S/C16H27NOS/c1-6-12(2)19(18)11-15(17)13-7-9-14(10-8-13)16(3,4)5/h7-10,12,15H,6,11,17H2,1-5H3. The number of hydrogen-bond acceptors (Lipinski definition) is 2. The molecule has 0 fully saturated rings. The molecule has 3 heteroatoms. The van der Waals surface area contributed by atoms with Gasteiger partial charge in [0, 0.05) is 27.8 Å². The zero-order valence-electron chi connectivity index (χ0n) is 12.8. The van der Waals surface area contributed by atoms with Gasteiger partial charge < -0.3 is 5.73 Å². The molecule has 1 aromatic rings. The average molecular weight is 281 g/mol. The molecule has 0 aromatic heterocycles. The van der Waals surface area contributed by atoms with E-state index in [0.717, 1.165) is 12.0 Å². The summed E-state index contributed by atoms with van der Waals surface area (Å²) in [5, 5.41) is 0.222. The molecule has 1 aromatic carbocycles. The SMILES string of the molecule is CCC(C)S(=O)CC(N)c1ccc(C(C)(C)C)cc1. The van der Waals surface area contributed by atoms with E-state index in [-0.39, 0.29) is 16.7 Å². The normalized spacial score (nSPS) is 16.9. The van der Waals surface area contributed by atoms with E-state index in [1.807, 2.05) is 6.92 Å². The van der Waals surface area contributed by atoms with Gasteiger partial charge in [0.15, 0.2) is 0 Å². The van der Waals surface area contributed by atoms with Crippen molar-refractivity contribution in [2.75, 3.05) is 5.75 Å². The van der Waals surface area contributed by atoms with E-state index in [9.17, 15) is 4.21 Å². The second kappa shape index (κ2) is 6.67. The molecule has 2 N–H and O–H groups in total. The second-order valence-electron chi connectivity index (χ2n) is 6.24. The number of nitrogens with two attached hydrogens (primary N) is 1. The monoisotopic (exact) mass is 281 g/mol. The Balaban J connectivity index is 2.73. The predicted molar refractivity (Wildman–Crippen MR) is 84.8 cm³/mol. The van der Waals surface area contributed by atoms with Crippen molar-refractivity contribution in [2.45, 2.75) is 57.7 Å². The molecule has 3 unspecified atom stereocenters. The summed E-state index contributed by atoms with van der Waals surface area (Å²) in [6.07, 6.45) is 0.933. The highest BCUT2D eigenvalue weighted by Crippen LogP contribution is 2.24. The fourth-order valence-corrected chi connectivity index (χ4v) is 3.10. The minimum Gasteiger partial charge on any atom is -0.323 e. The van der Waals surface area contributed by atoms with Crippen molar-refractivity contribution in [2.24, 2.45) is 5.73 Å². The predicted octanol–water partition coefficient (Wildman–Crippen LogP) is 3.53. The van der Waals surface area contributed by atoms with Crippen molar-refractivity contribution < 1.29 is 4.21 Å². The van der Waals surface area contributed by atoms with E-state index in [2.05, 4.69) is 52.0 Å². The first kappa shape index (κ1) is 16.4. The molecule has 0 bridgehead atoms. The van der Waals surface area contributed by atoms with Gasteiger partial charge in [0.05, 0.1) is 0 Å². The Morgan fingerprint density at radius 1 is 1.21 bits per heavy atom. The van der Waals surface area contributed by atoms with Crippen LogP contribution in [0.1, 0.15) is 58.2 Å². The summed E-state index contributed by atoms with van der Waals surface area (Å²) >= 11 is 0. The van der Waals surface area contributed by atoms with Crippen LogP contribution >= 0.6 is 0 Å². The summed E-state index contributed by atoms with van der Waals surface area (Å²) in [4.78, 5) is 0. The van der Waals surface area contributed by atoms with Crippen LogP contribution in [0, 0.1) is 0 Å². The Morgan fingerprint density at radius 2 is 1.74 bits per heavy atom. The fraction of sp³-hybridized carbons (Fsp3) is 0.625. The molecule has 0 amide bonds. The van der Waals surface area contributed by atoms with Crippen LogP contribution in [0.2, 0.25) is 0 Å². The fourth-order valence-electron chi connectivity index (χ4n) is 1.85. The average Bonchev–Trinajstić information content (AvgIpc) is 2.36. The van der Waals surface area contributed by atoms with E-state index in [4.69, 9.17) is 5.73 Å². The highest BCUT2D eigenvalue weighted by molar-refractivity contribution is 7.85. The van der Waals surface area contributed by atoms with Gasteiger partial charge >= 0.3 is 0 Å². The van der Waals surface area contributed by atoms with Gasteiger partial charge in [-0.1, -0.05) is 58.9 Å². The first-order chi connectivity index (χ1) is 8.75. The molecule has 0 saturated heterocycles. The smallest absolute Gasteiger partial charge is 0.0431 e. The lowest BCUT2D eigenvalue weighted by Gasteiger charge is -2.20. The molecule has 2 nitrogen and oxygen atoms in total. The summed E-state index contributed by atoms with van der Waals surface area (Å²) in [6.45, 7) is 10.7. The molecule has 0 heterocycles. The molecular formula is C16H27NOS. The van der Waals surface area contributed by atoms with Crippen LogP contribution in [0.15, 0.2) is 24.3 Å². The summed E-state index contributed by atoms with van der Waals surface area (Å²) < 4.78 is 12.0. The third-order valence-corrected chi connectivity index (χ3v) is 5.49. The maximum Gasteiger partial charge on any atom is 0.0431 e. The van der Waals surface area contributed by atoms with Gasteiger partial charge in [0.1, 0.15) is 0 Å².